The number of esters is 1. The van der Waals surface area contributed by atoms with Crippen LogP contribution in [0.5, 0.6) is 5.75 Å². The monoisotopic (exact) mass is 631 g/mol. The molecule has 3 heterocycles. The van der Waals surface area contributed by atoms with Crippen molar-refractivity contribution in [2.75, 3.05) is 18.9 Å². The summed E-state index contributed by atoms with van der Waals surface area (Å²) in [5.74, 6) is 0.240. The van der Waals surface area contributed by atoms with Crippen molar-refractivity contribution in [3.8, 4) is 5.75 Å². The van der Waals surface area contributed by atoms with Crippen molar-refractivity contribution in [2.45, 2.75) is 89.3 Å². The number of aliphatic hydroxyl groups is 2. The highest BCUT2D eigenvalue weighted by Gasteiger charge is 2.54. The number of carbonyl (C=O) groups excluding carboxylic acids is 1. The third kappa shape index (κ3) is 6.63. The molecule has 13 nitrogen and oxygen atoms in total. The second-order valence-electron chi connectivity index (χ2n) is 12.8. The molecule has 2 fully saturated rings. The molecule has 5 rings (SSSR count). The Bertz CT molecular complexity index is 1520. The summed E-state index contributed by atoms with van der Waals surface area (Å²) >= 11 is 0. The summed E-state index contributed by atoms with van der Waals surface area (Å²) < 4.78 is 38.8. The zero-order chi connectivity index (χ0) is 31.9. The predicted molar refractivity (Wildman–Crippen MR) is 162 cm³/mol. The SMILES string of the molecule is C[C@H](NP(=O)(OC[C@H]1O[C@@](C)(c2ccc3c(N)ncnn23)[C@H](O)[C@@H]1O)Oc1ccc(C(C)(C)C)cc1)C(=O)OCC1CCC1. The molecular weight excluding hydrogens is 589 g/mol. The molecule has 6 atom stereocenters. The second-order valence-corrected chi connectivity index (χ2v) is 14.5. The van der Waals surface area contributed by atoms with Gasteiger partial charge in [0.15, 0.2) is 5.82 Å². The van der Waals surface area contributed by atoms with Gasteiger partial charge in [-0.05, 0) is 67.9 Å². The van der Waals surface area contributed by atoms with Crippen molar-refractivity contribution in [1.29, 1.82) is 0 Å². The highest BCUT2D eigenvalue weighted by atomic mass is 31.2. The number of hydrogen-bond donors (Lipinski definition) is 4. The van der Waals surface area contributed by atoms with E-state index in [2.05, 4.69) is 35.9 Å². The van der Waals surface area contributed by atoms with Crippen LogP contribution >= 0.6 is 7.75 Å². The Hall–Kier alpha value is -3.06. The number of nitrogens with one attached hydrogen (secondary N) is 1. The quantitative estimate of drug-likeness (QED) is 0.179. The van der Waals surface area contributed by atoms with E-state index in [1.165, 1.54) is 17.8 Å². The largest absolute Gasteiger partial charge is 0.464 e. The lowest BCUT2D eigenvalue weighted by atomic mass is 9.86. The maximum atomic E-state index is 14.1. The molecule has 0 bridgehead atoms. The van der Waals surface area contributed by atoms with Gasteiger partial charge in [-0.25, -0.2) is 14.1 Å². The van der Waals surface area contributed by atoms with Crippen molar-refractivity contribution in [2.24, 2.45) is 5.92 Å². The normalized spacial score (nSPS) is 26.2. The van der Waals surface area contributed by atoms with Gasteiger partial charge in [-0.1, -0.05) is 39.3 Å². The van der Waals surface area contributed by atoms with Crippen molar-refractivity contribution in [3.63, 3.8) is 0 Å². The van der Waals surface area contributed by atoms with E-state index in [0.717, 1.165) is 24.8 Å². The second kappa shape index (κ2) is 12.4. The molecule has 14 heteroatoms. The molecule has 0 radical (unpaired) electrons. The average Bonchev–Trinajstić information content (AvgIpc) is 3.47. The first-order valence-corrected chi connectivity index (χ1v) is 16.4. The molecule has 3 aromatic rings. The van der Waals surface area contributed by atoms with Gasteiger partial charge in [0.1, 0.15) is 47.5 Å². The molecule has 1 unspecified atom stereocenters. The minimum Gasteiger partial charge on any atom is -0.464 e. The first kappa shape index (κ1) is 32.3. The fourth-order valence-corrected chi connectivity index (χ4v) is 6.85. The van der Waals surface area contributed by atoms with Crippen LogP contribution in [0.25, 0.3) is 5.52 Å². The van der Waals surface area contributed by atoms with E-state index in [4.69, 9.17) is 24.3 Å². The Morgan fingerprint density at radius 2 is 1.91 bits per heavy atom. The van der Waals surface area contributed by atoms with Gasteiger partial charge in [0.05, 0.1) is 18.9 Å². The number of rotatable bonds is 11. The summed E-state index contributed by atoms with van der Waals surface area (Å²) in [6, 6.07) is 9.39. The number of aromatic nitrogens is 3. The Labute approximate surface area is 256 Å². The van der Waals surface area contributed by atoms with Gasteiger partial charge in [-0.2, -0.15) is 10.2 Å². The summed E-state index contributed by atoms with van der Waals surface area (Å²) in [6.45, 7) is 9.19. The van der Waals surface area contributed by atoms with E-state index in [-0.39, 0.29) is 17.0 Å². The number of ether oxygens (including phenoxy) is 2. The summed E-state index contributed by atoms with van der Waals surface area (Å²) in [6.07, 6.45) is 0.475. The van der Waals surface area contributed by atoms with Gasteiger partial charge < -0.3 is 29.9 Å². The van der Waals surface area contributed by atoms with Gasteiger partial charge in [0, 0.05) is 0 Å². The molecule has 2 aliphatic rings. The first-order valence-electron chi connectivity index (χ1n) is 14.8. The minimum absolute atomic E-state index is 0.109. The molecule has 2 aromatic heterocycles. The van der Waals surface area contributed by atoms with Crippen LogP contribution in [-0.4, -0.2) is 68.3 Å². The number of hydrogen-bond acceptors (Lipinski definition) is 11. The summed E-state index contributed by atoms with van der Waals surface area (Å²) in [4.78, 5) is 16.7. The average molecular weight is 632 g/mol. The van der Waals surface area contributed by atoms with Gasteiger partial charge in [-0.15, -0.1) is 0 Å². The van der Waals surface area contributed by atoms with Gasteiger partial charge in [0.2, 0.25) is 0 Å². The molecule has 44 heavy (non-hydrogen) atoms. The Morgan fingerprint density at radius 1 is 1.20 bits per heavy atom. The zero-order valence-electron chi connectivity index (χ0n) is 25.7. The van der Waals surface area contributed by atoms with E-state index >= 15 is 0 Å². The Kier molecular flexibility index (Phi) is 9.10. The number of nitrogen functional groups attached to an aromatic ring is 1. The van der Waals surface area contributed by atoms with Gasteiger partial charge in [0.25, 0.3) is 0 Å². The molecule has 1 aliphatic heterocycles. The molecule has 240 valence electrons. The summed E-state index contributed by atoms with van der Waals surface area (Å²) in [5.41, 5.74) is 6.40. The number of aliphatic hydroxyl groups excluding tert-OH is 2. The third-order valence-electron chi connectivity index (χ3n) is 8.40. The fourth-order valence-electron chi connectivity index (χ4n) is 5.35. The highest BCUT2D eigenvalue weighted by Crippen LogP contribution is 2.47. The standard InChI is InChI=1S/C30H42N5O8P/c1-18(28(38)40-15-19-7-6-8-19)34-44(39,43-21-11-9-20(10-12-21)29(2,3)4)41-16-23-25(36)26(37)30(5,42-23)24-14-13-22-27(31)32-17-33-35(22)24/h9-14,17-19,23,25-26,36-37H,6-8,15-16H2,1-5H3,(H,34,39)(H2,31,32,33)/t18-,23+,25+,26+,30-,44?/m0/s1. The zero-order valence-corrected chi connectivity index (χ0v) is 26.6. The van der Waals surface area contributed by atoms with Crippen LogP contribution in [0.15, 0.2) is 42.7 Å². The van der Waals surface area contributed by atoms with Crippen LogP contribution in [0.4, 0.5) is 5.82 Å². The number of nitrogens with zero attached hydrogens (tertiary/aromatic N) is 3. The Morgan fingerprint density at radius 3 is 2.55 bits per heavy atom. The van der Waals surface area contributed by atoms with E-state index in [0.29, 0.717) is 23.7 Å². The molecule has 1 saturated carbocycles. The van der Waals surface area contributed by atoms with Crippen molar-refractivity contribution >= 4 is 25.1 Å². The van der Waals surface area contributed by atoms with Crippen LogP contribution < -0.4 is 15.3 Å². The van der Waals surface area contributed by atoms with Crippen molar-refractivity contribution in [3.05, 3.63) is 54.0 Å². The molecule has 1 aromatic carbocycles. The number of carbonyl (C=O) groups is 1. The number of benzene rings is 1. The highest BCUT2D eigenvalue weighted by molar-refractivity contribution is 7.52. The Balaban J connectivity index is 1.33. The van der Waals surface area contributed by atoms with Crippen LogP contribution in [0.1, 0.15) is 65.1 Å². The van der Waals surface area contributed by atoms with Crippen LogP contribution in [0, 0.1) is 5.92 Å². The third-order valence-corrected chi connectivity index (χ3v) is 10.0. The lowest BCUT2D eigenvalue weighted by molar-refractivity contribution is -0.147. The maximum Gasteiger partial charge on any atom is 0.459 e. The first-order chi connectivity index (χ1) is 20.7. The molecule has 1 saturated heterocycles. The minimum atomic E-state index is -4.26. The van der Waals surface area contributed by atoms with Crippen LogP contribution in [0.2, 0.25) is 0 Å². The van der Waals surface area contributed by atoms with Crippen molar-refractivity contribution < 1.29 is 38.1 Å². The van der Waals surface area contributed by atoms with Gasteiger partial charge >= 0.3 is 13.7 Å². The lowest BCUT2D eigenvalue weighted by Gasteiger charge is -2.28. The van der Waals surface area contributed by atoms with E-state index in [1.54, 1.807) is 31.2 Å². The summed E-state index contributed by atoms with van der Waals surface area (Å²) in [7, 11) is -4.26. The maximum absolute atomic E-state index is 14.1. The predicted octanol–water partition coefficient (Wildman–Crippen LogP) is 3.47. The fraction of sp³-hybridized carbons (Fsp3) is 0.567. The smallest absolute Gasteiger partial charge is 0.459 e. The van der Waals surface area contributed by atoms with E-state index in [1.807, 2.05) is 12.1 Å². The molecule has 5 N–H and O–H groups in total. The molecule has 1 aliphatic carbocycles. The van der Waals surface area contributed by atoms with Gasteiger partial charge in [-0.3, -0.25) is 9.32 Å². The van der Waals surface area contributed by atoms with E-state index in [9.17, 15) is 19.6 Å². The van der Waals surface area contributed by atoms with Crippen LogP contribution in [-0.2, 0) is 34.4 Å². The van der Waals surface area contributed by atoms with Crippen LogP contribution in [0.3, 0.4) is 0 Å². The topological polar surface area (TPSA) is 180 Å². The number of fused-ring (bicyclic) bond motifs is 1. The molecule has 0 spiro atoms. The summed E-state index contributed by atoms with van der Waals surface area (Å²) in [5, 5.41) is 29.0. The van der Waals surface area contributed by atoms with Crippen molar-refractivity contribution in [1.82, 2.24) is 19.7 Å². The van der Waals surface area contributed by atoms with E-state index < -0.39 is 50.3 Å². The lowest BCUT2D eigenvalue weighted by Crippen LogP contribution is -2.40. The molecular formula is C30H42N5O8P. The molecule has 0 amide bonds. The number of anilines is 1. The number of nitrogens with two attached hydrogens (primary N) is 1.